The van der Waals surface area contributed by atoms with E-state index in [2.05, 4.69) is 13.8 Å². The second-order valence-electron chi connectivity index (χ2n) is 15.9. The summed E-state index contributed by atoms with van der Waals surface area (Å²) in [5, 5.41) is 31.4. The van der Waals surface area contributed by atoms with Crippen molar-refractivity contribution in [3.05, 3.63) is 12.2 Å². The minimum Gasteiger partial charge on any atom is -0.462 e. The molecule has 1 fully saturated rings. The highest BCUT2D eigenvalue weighted by molar-refractivity contribution is 7.47. The van der Waals surface area contributed by atoms with Crippen molar-refractivity contribution in [2.45, 2.75) is 212 Å². The van der Waals surface area contributed by atoms with E-state index in [9.17, 15) is 34.4 Å². The van der Waals surface area contributed by atoms with E-state index in [1.165, 1.54) is 70.6 Å². The summed E-state index contributed by atoms with van der Waals surface area (Å²) in [6.45, 7) is 3.41. The lowest BCUT2D eigenvalue weighted by atomic mass is 9.88. The number of phosphoric acid groups is 1. The van der Waals surface area contributed by atoms with E-state index >= 15 is 0 Å². The molecular weight excluding hydrogens is 737 g/mol. The van der Waals surface area contributed by atoms with Crippen molar-refractivity contribution in [1.29, 1.82) is 0 Å². The first-order valence-corrected chi connectivity index (χ1v) is 23.9. The Labute approximate surface area is 339 Å². The fourth-order valence-electron chi connectivity index (χ4n) is 7.38. The van der Waals surface area contributed by atoms with Crippen LogP contribution in [0.15, 0.2) is 12.2 Å². The first-order valence-electron chi connectivity index (χ1n) is 22.4. The van der Waals surface area contributed by atoms with Crippen LogP contribution in [0.3, 0.4) is 0 Å². The van der Waals surface area contributed by atoms with E-state index in [0.29, 0.717) is 25.7 Å². The highest BCUT2D eigenvalue weighted by atomic mass is 31.2. The molecule has 13 heteroatoms. The van der Waals surface area contributed by atoms with Gasteiger partial charge in [0, 0.05) is 31.7 Å². The summed E-state index contributed by atoms with van der Waals surface area (Å²) in [6.07, 6.45) is 27.3. The van der Waals surface area contributed by atoms with Crippen LogP contribution in [0.5, 0.6) is 0 Å². The van der Waals surface area contributed by atoms with Gasteiger partial charge in [-0.3, -0.25) is 18.6 Å². The van der Waals surface area contributed by atoms with Crippen LogP contribution in [-0.2, 0) is 32.7 Å². The number of hydrogen-bond donors (Lipinski definition) is 5. The van der Waals surface area contributed by atoms with Crippen molar-refractivity contribution < 1.29 is 52.9 Å². The molecule has 1 unspecified atom stereocenters. The Morgan fingerprint density at radius 3 is 1.80 bits per heavy atom. The van der Waals surface area contributed by atoms with Gasteiger partial charge in [-0.05, 0) is 31.6 Å². The molecule has 1 aliphatic rings. The average Bonchev–Trinajstić information content (AvgIpc) is 3.44. The largest absolute Gasteiger partial charge is 0.472 e. The van der Waals surface area contributed by atoms with Gasteiger partial charge in [0.2, 0.25) is 0 Å². The Morgan fingerprint density at radius 1 is 0.714 bits per heavy atom. The number of nitrogens with two attached hydrogens (primary N) is 1. The Kier molecular flexibility index (Phi) is 32.4. The van der Waals surface area contributed by atoms with Gasteiger partial charge in [-0.25, -0.2) is 4.57 Å². The molecule has 1 rings (SSSR count). The highest BCUT2D eigenvalue weighted by Gasteiger charge is 2.39. The van der Waals surface area contributed by atoms with Crippen LogP contribution in [0.25, 0.3) is 0 Å². The molecule has 0 aromatic heterocycles. The van der Waals surface area contributed by atoms with Crippen molar-refractivity contribution in [1.82, 2.24) is 0 Å². The van der Waals surface area contributed by atoms with Gasteiger partial charge in [-0.1, -0.05) is 154 Å². The van der Waals surface area contributed by atoms with Gasteiger partial charge in [-0.2, -0.15) is 0 Å². The van der Waals surface area contributed by atoms with E-state index in [1.54, 1.807) is 6.08 Å². The number of aliphatic hydroxyl groups excluding tert-OH is 3. The van der Waals surface area contributed by atoms with Crippen LogP contribution in [0.1, 0.15) is 187 Å². The zero-order chi connectivity index (χ0) is 41.3. The van der Waals surface area contributed by atoms with E-state index in [4.69, 9.17) is 24.3 Å². The fraction of sp³-hybridized carbons (Fsp3) is 0.907. The van der Waals surface area contributed by atoms with Crippen molar-refractivity contribution in [2.75, 3.05) is 26.4 Å². The normalized spacial score (nSPS) is 20.6. The minimum absolute atomic E-state index is 0.0212. The smallest absolute Gasteiger partial charge is 0.462 e. The summed E-state index contributed by atoms with van der Waals surface area (Å²) in [6, 6.07) is 0. The molecule has 1 aliphatic carbocycles. The highest BCUT2D eigenvalue weighted by Crippen LogP contribution is 2.43. The quantitative estimate of drug-likeness (QED) is 0.0172. The van der Waals surface area contributed by atoms with E-state index in [1.807, 2.05) is 6.08 Å². The molecule has 56 heavy (non-hydrogen) atoms. The summed E-state index contributed by atoms with van der Waals surface area (Å²) in [4.78, 5) is 35.1. The van der Waals surface area contributed by atoms with Crippen molar-refractivity contribution in [3.63, 3.8) is 0 Å². The molecule has 12 nitrogen and oxygen atoms in total. The molecule has 0 aliphatic heterocycles. The molecule has 330 valence electrons. The summed E-state index contributed by atoms with van der Waals surface area (Å²) >= 11 is 0. The molecule has 0 saturated heterocycles. The van der Waals surface area contributed by atoms with Crippen LogP contribution in [0, 0.1) is 11.8 Å². The van der Waals surface area contributed by atoms with Gasteiger partial charge >= 0.3 is 19.8 Å². The summed E-state index contributed by atoms with van der Waals surface area (Å²) < 4.78 is 32.8. The number of phosphoric ester groups is 1. The van der Waals surface area contributed by atoms with Crippen LogP contribution in [0.2, 0.25) is 0 Å². The molecule has 7 atom stereocenters. The standard InChI is InChI=1S/C43H82NO11P/c1-3-5-7-8-9-10-11-12-13-14-15-16-17-18-23-27-42(48)52-34-37(35-54-56(50,51)53-32-31-44)55-43(49)28-24-20-19-22-26-38-39(41(47)33-40(38)46)30-29-36(45)25-21-6-4-2/h29-30,36-41,45-47H,3-28,31-35,44H2,1-2H3,(H,50,51)/b30-29+/t36-,37+,38+,39+,40-,41+/m0/s1. The number of ether oxygens (including phenoxy) is 2. The predicted molar refractivity (Wildman–Crippen MR) is 222 cm³/mol. The number of aliphatic hydroxyl groups is 3. The Morgan fingerprint density at radius 2 is 1.23 bits per heavy atom. The maximum atomic E-state index is 12.7. The molecule has 0 radical (unpaired) electrons. The average molecular weight is 820 g/mol. The number of esters is 2. The van der Waals surface area contributed by atoms with Gasteiger partial charge in [-0.15, -0.1) is 0 Å². The molecule has 0 bridgehead atoms. The van der Waals surface area contributed by atoms with Gasteiger partial charge in [0.1, 0.15) is 6.61 Å². The van der Waals surface area contributed by atoms with Crippen molar-refractivity contribution >= 4 is 19.8 Å². The Hall–Kier alpha value is -1.37. The third kappa shape index (κ3) is 28.1. The van der Waals surface area contributed by atoms with Crippen LogP contribution < -0.4 is 5.73 Å². The molecule has 0 aromatic rings. The maximum absolute atomic E-state index is 12.7. The van der Waals surface area contributed by atoms with E-state index in [-0.39, 0.29) is 44.4 Å². The molecule has 0 spiro atoms. The first-order chi connectivity index (χ1) is 27.0. The lowest BCUT2D eigenvalue weighted by Gasteiger charge is -2.21. The third-order valence-electron chi connectivity index (χ3n) is 10.8. The predicted octanol–water partition coefficient (Wildman–Crippen LogP) is 8.99. The molecule has 6 N–H and O–H groups in total. The second-order valence-corrected chi connectivity index (χ2v) is 17.3. The fourth-order valence-corrected chi connectivity index (χ4v) is 8.14. The summed E-state index contributed by atoms with van der Waals surface area (Å²) in [5.41, 5.74) is 5.35. The zero-order valence-electron chi connectivity index (χ0n) is 35.2. The number of unbranched alkanes of at least 4 members (excludes halogenated alkanes) is 19. The molecular formula is C43H82NO11P. The Balaban J connectivity index is 2.36. The van der Waals surface area contributed by atoms with Gasteiger partial charge in [0.15, 0.2) is 6.10 Å². The molecule has 0 heterocycles. The number of carbonyl (C=O) groups excluding carboxylic acids is 2. The number of rotatable bonds is 38. The number of carbonyl (C=O) groups is 2. The van der Waals surface area contributed by atoms with Crippen LogP contribution >= 0.6 is 7.82 Å². The van der Waals surface area contributed by atoms with E-state index < -0.39 is 50.8 Å². The zero-order valence-corrected chi connectivity index (χ0v) is 36.1. The Bertz CT molecular complexity index is 1050. The van der Waals surface area contributed by atoms with Gasteiger partial charge < -0.3 is 35.4 Å². The maximum Gasteiger partial charge on any atom is 0.472 e. The van der Waals surface area contributed by atoms with E-state index in [0.717, 1.165) is 64.2 Å². The molecule has 0 aromatic carbocycles. The van der Waals surface area contributed by atoms with Crippen LogP contribution in [-0.4, -0.2) is 82.9 Å². The van der Waals surface area contributed by atoms with Gasteiger partial charge in [0.05, 0.1) is 31.5 Å². The molecule has 1 saturated carbocycles. The minimum atomic E-state index is -4.43. The lowest BCUT2D eigenvalue weighted by Crippen LogP contribution is -2.29. The van der Waals surface area contributed by atoms with Crippen molar-refractivity contribution in [2.24, 2.45) is 17.6 Å². The van der Waals surface area contributed by atoms with Crippen molar-refractivity contribution in [3.8, 4) is 0 Å². The van der Waals surface area contributed by atoms with Gasteiger partial charge in [0.25, 0.3) is 0 Å². The monoisotopic (exact) mass is 820 g/mol. The molecule has 0 amide bonds. The number of hydrogen-bond acceptors (Lipinski definition) is 11. The second kappa shape index (κ2) is 34.5. The SMILES string of the molecule is CCCCCCCCCCCCCCCCCC(=O)OC[C@H](COP(=O)(O)OCCN)OC(=O)CCCCCC[C@@H]1[C@@H](/C=C/[C@@H](O)CCCCC)[C@H](O)C[C@@H]1O. The topological polar surface area (TPSA) is 195 Å². The van der Waals surface area contributed by atoms with Crippen LogP contribution in [0.4, 0.5) is 0 Å². The summed E-state index contributed by atoms with van der Waals surface area (Å²) in [7, 11) is -4.43. The lowest BCUT2D eigenvalue weighted by molar-refractivity contribution is -0.161. The third-order valence-corrected chi connectivity index (χ3v) is 11.7. The first kappa shape index (κ1) is 52.6. The summed E-state index contributed by atoms with van der Waals surface area (Å²) in [5.74, 6) is -1.25.